The second-order valence-corrected chi connectivity index (χ2v) is 6.00. The zero-order chi connectivity index (χ0) is 17.2. The average molecular weight is 331 g/mol. The van der Waals surface area contributed by atoms with Crippen LogP contribution in [0.25, 0.3) is 10.9 Å². The van der Waals surface area contributed by atoms with Crippen LogP contribution in [-0.4, -0.2) is 23.3 Å². The van der Waals surface area contributed by atoms with E-state index in [4.69, 9.17) is 0 Å². The van der Waals surface area contributed by atoms with Gasteiger partial charge in [0.25, 0.3) is 5.91 Å². The second-order valence-electron chi connectivity index (χ2n) is 6.00. The standard InChI is InChI=1S/C20H17N3O2/c24-19-11-5-13-23(19)18-10-2-1-8-17(18)22-20(25)15-6-3-9-16-14(15)7-4-12-21-16/h1-4,6-10,12H,5,11,13H2,(H,22,25). The molecule has 1 saturated heterocycles. The van der Waals surface area contributed by atoms with Gasteiger partial charge in [-0.1, -0.05) is 24.3 Å². The van der Waals surface area contributed by atoms with Crippen molar-refractivity contribution in [3.05, 3.63) is 66.4 Å². The summed E-state index contributed by atoms with van der Waals surface area (Å²) in [7, 11) is 0. The van der Waals surface area contributed by atoms with E-state index in [1.54, 1.807) is 17.2 Å². The topological polar surface area (TPSA) is 62.3 Å². The zero-order valence-corrected chi connectivity index (χ0v) is 13.6. The van der Waals surface area contributed by atoms with Gasteiger partial charge in [0.05, 0.1) is 16.9 Å². The maximum Gasteiger partial charge on any atom is 0.256 e. The minimum absolute atomic E-state index is 0.0936. The highest BCUT2D eigenvalue weighted by Crippen LogP contribution is 2.30. The molecular weight excluding hydrogens is 314 g/mol. The molecule has 0 atom stereocenters. The molecule has 2 heterocycles. The molecule has 1 aliphatic heterocycles. The third-order valence-electron chi connectivity index (χ3n) is 4.41. The largest absolute Gasteiger partial charge is 0.320 e. The van der Waals surface area contributed by atoms with E-state index in [2.05, 4.69) is 10.3 Å². The van der Waals surface area contributed by atoms with Crippen molar-refractivity contribution in [3.8, 4) is 0 Å². The SMILES string of the molecule is O=C(Nc1ccccc1N1CCCC1=O)c1cccc2ncccc12. The van der Waals surface area contributed by atoms with Gasteiger partial charge < -0.3 is 10.2 Å². The van der Waals surface area contributed by atoms with Gasteiger partial charge in [-0.3, -0.25) is 14.6 Å². The molecule has 124 valence electrons. The Kier molecular flexibility index (Phi) is 3.90. The Balaban J connectivity index is 1.68. The van der Waals surface area contributed by atoms with Gasteiger partial charge in [-0.15, -0.1) is 0 Å². The number of nitrogens with zero attached hydrogens (tertiary/aromatic N) is 2. The Morgan fingerprint density at radius 3 is 2.76 bits per heavy atom. The average Bonchev–Trinajstić information content (AvgIpc) is 3.07. The maximum absolute atomic E-state index is 12.8. The van der Waals surface area contributed by atoms with Gasteiger partial charge in [-0.25, -0.2) is 0 Å². The number of hydrogen-bond donors (Lipinski definition) is 1. The summed E-state index contributed by atoms with van der Waals surface area (Å²) in [5.41, 5.74) is 2.73. The van der Waals surface area contributed by atoms with Crippen molar-refractivity contribution in [2.45, 2.75) is 12.8 Å². The number of benzene rings is 2. The Morgan fingerprint density at radius 2 is 1.92 bits per heavy atom. The lowest BCUT2D eigenvalue weighted by Crippen LogP contribution is -2.25. The van der Waals surface area contributed by atoms with Gasteiger partial charge in [0.15, 0.2) is 0 Å². The monoisotopic (exact) mass is 331 g/mol. The van der Waals surface area contributed by atoms with E-state index in [1.165, 1.54) is 0 Å². The number of para-hydroxylation sites is 2. The van der Waals surface area contributed by atoms with E-state index < -0.39 is 0 Å². The van der Waals surface area contributed by atoms with Crippen molar-refractivity contribution >= 4 is 34.1 Å². The summed E-state index contributed by atoms with van der Waals surface area (Å²) >= 11 is 0. The third-order valence-corrected chi connectivity index (χ3v) is 4.41. The number of anilines is 2. The fourth-order valence-electron chi connectivity index (χ4n) is 3.21. The van der Waals surface area contributed by atoms with E-state index in [0.717, 1.165) is 23.0 Å². The molecule has 0 spiro atoms. The van der Waals surface area contributed by atoms with Crippen molar-refractivity contribution < 1.29 is 9.59 Å². The number of rotatable bonds is 3. The molecule has 1 aromatic heterocycles. The van der Waals surface area contributed by atoms with Crippen LogP contribution in [0.5, 0.6) is 0 Å². The number of carbonyl (C=O) groups is 2. The Morgan fingerprint density at radius 1 is 1.04 bits per heavy atom. The Labute approximate surface area is 145 Å². The summed E-state index contributed by atoms with van der Waals surface area (Å²) in [6.07, 6.45) is 3.10. The number of hydrogen-bond acceptors (Lipinski definition) is 3. The number of fused-ring (bicyclic) bond motifs is 1. The summed E-state index contributed by atoms with van der Waals surface area (Å²) in [5, 5.41) is 3.76. The van der Waals surface area contributed by atoms with E-state index >= 15 is 0 Å². The quantitative estimate of drug-likeness (QED) is 0.797. The van der Waals surface area contributed by atoms with Crippen molar-refractivity contribution in [2.24, 2.45) is 0 Å². The minimum atomic E-state index is -0.210. The predicted octanol–water partition coefficient (Wildman–Crippen LogP) is 3.61. The highest BCUT2D eigenvalue weighted by molar-refractivity contribution is 6.14. The number of carbonyl (C=O) groups excluding carboxylic acids is 2. The van der Waals surface area contributed by atoms with Crippen LogP contribution >= 0.6 is 0 Å². The lowest BCUT2D eigenvalue weighted by molar-refractivity contribution is -0.117. The molecule has 3 aromatic rings. The van der Waals surface area contributed by atoms with E-state index in [1.807, 2.05) is 48.5 Å². The number of nitrogens with one attached hydrogen (secondary N) is 1. The fourth-order valence-corrected chi connectivity index (χ4v) is 3.21. The smallest absolute Gasteiger partial charge is 0.256 e. The van der Waals surface area contributed by atoms with Crippen molar-refractivity contribution in [3.63, 3.8) is 0 Å². The van der Waals surface area contributed by atoms with E-state index in [9.17, 15) is 9.59 Å². The van der Waals surface area contributed by atoms with E-state index in [-0.39, 0.29) is 11.8 Å². The first-order chi connectivity index (χ1) is 12.2. The molecule has 5 nitrogen and oxygen atoms in total. The molecule has 1 aliphatic rings. The van der Waals surface area contributed by atoms with Gasteiger partial charge in [0.2, 0.25) is 5.91 Å². The molecule has 0 aliphatic carbocycles. The van der Waals surface area contributed by atoms with Gasteiger partial charge in [0.1, 0.15) is 0 Å². The summed E-state index contributed by atoms with van der Waals surface area (Å²) in [6.45, 7) is 0.684. The Hall–Kier alpha value is -3.21. The normalized spacial score (nSPS) is 14.1. The Bertz CT molecular complexity index is 963. The molecule has 2 aromatic carbocycles. The van der Waals surface area contributed by atoms with Crippen LogP contribution in [0.1, 0.15) is 23.2 Å². The van der Waals surface area contributed by atoms with Crippen LogP contribution in [-0.2, 0) is 4.79 Å². The van der Waals surface area contributed by atoms with Crippen LogP contribution in [0.15, 0.2) is 60.8 Å². The first kappa shape index (κ1) is 15.3. The first-order valence-corrected chi connectivity index (χ1v) is 8.28. The van der Waals surface area contributed by atoms with Crippen LogP contribution in [0.4, 0.5) is 11.4 Å². The lowest BCUT2D eigenvalue weighted by atomic mass is 10.1. The number of pyridine rings is 1. The van der Waals surface area contributed by atoms with Gasteiger partial charge in [-0.2, -0.15) is 0 Å². The summed E-state index contributed by atoms with van der Waals surface area (Å²) < 4.78 is 0. The fraction of sp³-hybridized carbons (Fsp3) is 0.150. The predicted molar refractivity (Wildman–Crippen MR) is 97.7 cm³/mol. The zero-order valence-electron chi connectivity index (χ0n) is 13.6. The molecule has 1 N–H and O–H groups in total. The van der Waals surface area contributed by atoms with Gasteiger partial charge in [0, 0.05) is 30.1 Å². The molecular formula is C20H17N3O2. The molecule has 0 bridgehead atoms. The molecule has 5 heteroatoms. The van der Waals surface area contributed by atoms with Crippen LogP contribution < -0.4 is 10.2 Å². The molecule has 0 radical (unpaired) electrons. The number of amides is 2. The van der Waals surface area contributed by atoms with Gasteiger partial charge >= 0.3 is 0 Å². The van der Waals surface area contributed by atoms with E-state index in [0.29, 0.717) is 24.2 Å². The minimum Gasteiger partial charge on any atom is -0.320 e. The second kappa shape index (κ2) is 6.36. The first-order valence-electron chi connectivity index (χ1n) is 8.28. The van der Waals surface area contributed by atoms with Crippen LogP contribution in [0, 0.1) is 0 Å². The molecule has 0 unspecified atom stereocenters. The maximum atomic E-state index is 12.8. The van der Waals surface area contributed by atoms with Gasteiger partial charge in [-0.05, 0) is 36.8 Å². The summed E-state index contributed by atoms with van der Waals surface area (Å²) in [5.74, 6) is -0.117. The highest BCUT2D eigenvalue weighted by Gasteiger charge is 2.24. The van der Waals surface area contributed by atoms with Crippen LogP contribution in [0.3, 0.4) is 0 Å². The number of aromatic nitrogens is 1. The van der Waals surface area contributed by atoms with Crippen molar-refractivity contribution in [1.82, 2.24) is 4.98 Å². The molecule has 1 fully saturated rings. The van der Waals surface area contributed by atoms with Crippen molar-refractivity contribution in [2.75, 3.05) is 16.8 Å². The molecule has 25 heavy (non-hydrogen) atoms. The van der Waals surface area contributed by atoms with Crippen LogP contribution in [0.2, 0.25) is 0 Å². The summed E-state index contributed by atoms with van der Waals surface area (Å²) in [4.78, 5) is 30.9. The van der Waals surface area contributed by atoms with Crippen molar-refractivity contribution in [1.29, 1.82) is 0 Å². The summed E-state index contributed by atoms with van der Waals surface area (Å²) in [6, 6.07) is 16.6. The molecule has 4 rings (SSSR count). The molecule has 0 saturated carbocycles. The highest BCUT2D eigenvalue weighted by atomic mass is 16.2. The lowest BCUT2D eigenvalue weighted by Gasteiger charge is -2.20. The molecule has 2 amide bonds. The third kappa shape index (κ3) is 2.85.